The van der Waals surface area contributed by atoms with Crippen molar-refractivity contribution in [3.8, 4) is 5.75 Å². The molecule has 1 unspecified atom stereocenters. The fourth-order valence-corrected chi connectivity index (χ4v) is 3.36. The summed E-state index contributed by atoms with van der Waals surface area (Å²) in [5.41, 5.74) is 5.17. The van der Waals surface area contributed by atoms with E-state index in [1.807, 2.05) is 47.5 Å². The highest BCUT2D eigenvalue weighted by atomic mass is 16.5. The normalized spacial score (nSPS) is 17.2. The molecular weight excluding hydrogens is 378 g/mol. The zero-order valence-electron chi connectivity index (χ0n) is 17.5. The molecule has 30 heavy (non-hydrogen) atoms. The fourth-order valence-electron chi connectivity index (χ4n) is 3.36. The Kier molecular flexibility index (Phi) is 8.90. The van der Waals surface area contributed by atoms with Crippen molar-refractivity contribution in [1.82, 2.24) is 15.8 Å². The Morgan fingerprint density at radius 1 is 1.13 bits per heavy atom. The van der Waals surface area contributed by atoms with Crippen LogP contribution in [0.25, 0.3) is 6.08 Å². The summed E-state index contributed by atoms with van der Waals surface area (Å²) in [5.74, 6) is 0.645. The summed E-state index contributed by atoms with van der Waals surface area (Å²) in [4.78, 5) is 12.4. The smallest absolute Gasteiger partial charge is 0.258 e. The maximum Gasteiger partial charge on any atom is 0.258 e. The van der Waals surface area contributed by atoms with Crippen LogP contribution >= 0.6 is 0 Å². The third-order valence-electron chi connectivity index (χ3n) is 5.01. The van der Waals surface area contributed by atoms with E-state index in [0.717, 1.165) is 50.2 Å². The van der Waals surface area contributed by atoms with Gasteiger partial charge in [0.25, 0.3) is 5.91 Å². The van der Waals surface area contributed by atoms with Gasteiger partial charge in [0.05, 0.1) is 13.7 Å². The first-order valence-corrected chi connectivity index (χ1v) is 10.5. The molecular formula is C24H31N3O3. The lowest BCUT2D eigenvalue weighted by atomic mass is 10.1. The average molecular weight is 410 g/mol. The number of nitrogens with zero attached hydrogens (tertiary/aromatic N) is 1. The number of hydrazine groups is 1. The van der Waals surface area contributed by atoms with E-state index in [1.165, 1.54) is 5.56 Å². The van der Waals surface area contributed by atoms with Crippen LogP contribution in [0.1, 0.15) is 30.4 Å². The van der Waals surface area contributed by atoms with E-state index < -0.39 is 0 Å². The first kappa shape index (κ1) is 22.0. The lowest BCUT2D eigenvalue weighted by molar-refractivity contribution is -0.137. The van der Waals surface area contributed by atoms with Crippen molar-refractivity contribution in [2.75, 3.05) is 26.8 Å². The third-order valence-corrected chi connectivity index (χ3v) is 5.01. The minimum atomic E-state index is -0.150. The molecule has 1 aliphatic rings. The van der Waals surface area contributed by atoms with Crippen molar-refractivity contribution in [3.05, 3.63) is 71.8 Å². The van der Waals surface area contributed by atoms with Gasteiger partial charge in [0, 0.05) is 25.7 Å². The largest absolute Gasteiger partial charge is 0.497 e. The predicted molar refractivity (Wildman–Crippen MR) is 119 cm³/mol. The van der Waals surface area contributed by atoms with Gasteiger partial charge in [-0.05, 0) is 48.6 Å². The van der Waals surface area contributed by atoms with Crippen molar-refractivity contribution in [2.24, 2.45) is 0 Å². The van der Waals surface area contributed by atoms with Gasteiger partial charge in [-0.3, -0.25) is 10.2 Å². The monoisotopic (exact) mass is 409 g/mol. The molecule has 160 valence electrons. The molecule has 0 aliphatic carbocycles. The minimum Gasteiger partial charge on any atom is -0.497 e. The number of ether oxygens (including phenoxy) is 2. The SMILES string of the molecule is COc1ccc(/C=C/C(=O)NN2CCCCC2OCCNCc2ccccc2)cc1. The van der Waals surface area contributed by atoms with Gasteiger partial charge in [0.1, 0.15) is 12.0 Å². The Morgan fingerprint density at radius 2 is 1.93 bits per heavy atom. The van der Waals surface area contributed by atoms with Crippen LogP contribution in [0.4, 0.5) is 0 Å². The van der Waals surface area contributed by atoms with Crippen LogP contribution in [-0.4, -0.2) is 44.0 Å². The highest BCUT2D eigenvalue weighted by molar-refractivity contribution is 5.91. The molecule has 3 rings (SSSR count). The molecule has 1 atom stereocenters. The van der Waals surface area contributed by atoms with E-state index in [2.05, 4.69) is 22.9 Å². The van der Waals surface area contributed by atoms with Gasteiger partial charge in [-0.25, -0.2) is 0 Å². The van der Waals surface area contributed by atoms with Crippen LogP contribution in [-0.2, 0) is 16.1 Å². The van der Waals surface area contributed by atoms with Crippen LogP contribution in [0.5, 0.6) is 5.75 Å². The highest BCUT2D eigenvalue weighted by Crippen LogP contribution is 2.16. The van der Waals surface area contributed by atoms with Crippen molar-refractivity contribution in [1.29, 1.82) is 0 Å². The second-order valence-electron chi connectivity index (χ2n) is 7.26. The van der Waals surface area contributed by atoms with Crippen molar-refractivity contribution in [3.63, 3.8) is 0 Å². The van der Waals surface area contributed by atoms with Crippen molar-refractivity contribution in [2.45, 2.75) is 32.0 Å². The number of hydrogen-bond acceptors (Lipinski definition) is 5. The summed E-state index contributed by atoms with van der Waals surface area (Å²) in [5, 5.41) is 5.31. The van der Waals surface area contributed by atoms with Gasteiger partial charge < -0.3 is 14.8 Å². The molecule has 1 saturated heterocycles. The number of rotatable bonds is 10. The molecule has 1 fully saturated rings. The Hall–Kier alpha value is -2.67. The molecule has 0 aromatic heterocycles. The summed E-state index contributed by atoms with van der Waals surface area (Å²) in [6.07, 6.45) is 6.33. The number of methoxy groups -OCH3 is 1. The topological polar surface area (TPSA) is 62.8 Å². The van der Waals surface area contributed by atoms with E-state index in [1.54, 1.807) is 19.3 Å². The number of benzene rings is 2. The van der Waals surface area contributed by atoms with E-state index in [-0.39, 0.29) is 12.1 Å². The number of piperidine rings is 1. The van der Waals surface area contributed by atoms with Crippen molar-refractivity contribution < 1.29 is 14.3 Å². The molecule has 0 saturated carbocycles. The fraction of sp³-hybridized carbons (Fsp3) is 0.375. The van der Waals surface area contributed by atoms with Crippen LogP contribution in [0.2, 0.25) is 0 Å². The zero-order valence-corrected chi connectivity index (χ0v) is 17.5. The third kappa shape index (κ3) is 7.30. The first-order valence-electron chi connectivity index (χ1n) is 10.5. The molecule has 0 radical (unpaired) electrons. The van der Waals surface area contributed by atoms with Crippen molar-refractivity contribution >= 4 is 12.0 Å². The number of carbonyl (C=O) groups is 1. The zero-order chi connectivity index (χ0) is 21.0. The lowest BCUT2D eigenvalue weighted by Gasteiger charge is -2.35. The molecule has 2 aromatic carbocycles. The second-order valence-corrected chi connectivity index (χ2v) is 7.26. The van der Waals surface area contributed by atoms with Gasteiger partial charge >= 0.3 is 0 Å². The maximum absolute atomic E-state index is 12.4. The summed E-state index contributed by atoms with van der Waals surface area (Å²) in [6, 6.07) is 17.9. The summed E-state index contributed by atoms with van der Waals surface area (Å²) >= 11 is 0. The molecule has 6 nitrogen and oxygen atoms in total. The molecule has 1 aliphatic heterocycles. The number of nitrogens with one attached hydrogen (secondary N) is 2. The second kappa shape index (κ2) is 12.1. The van der Waals surface area contributed by atoms with Crippen LogP contribution in [0.3, 0.4) is 0 Å². The molecule has 0 bridgehead atoms. The molecule has 6 heteroatoms. The minimum absolute atomic E-state index is 0.0874. The van der Waals surface area contributed by atoms with Crippen LogP contribution < -0.4 is 15.5 Å². The van der Waals surface area contributed by atoms with E-state index >= 15 is 0 Å². The van der Waals surface area contributed by atoms with Gasteiger partial charge in [-0.15, -0.1) is 0 Å². The molecule has 1 amide bonds. The summed E-state index contributed by atoms with van der Waals surface area (Å²) in [6.45, 7) is 2.99. The standard InChI is InChI=1S/C24H31N3O3/c1-29-22-13-10-20(11-14-22)12-15-23(28)26-27-17-6-5-9-24(27)30-18-16-25-19-21-7-3-2-4-8-21/h2-4,7-8,10-15,24-25H,5-6,9,16-19H2,1H3,(H,26,28)/b15-12+. The molecule has 0 spiro atoms. The average Bonchev–Trinajstić information content (AvgIpc) is 2.79. The quantitative estimate of drug-likeness (QED) is 0.465. The molecule has 2 aromatic rings. The van der Waals surface area contributed by atoms with E-state index in [4.69, 9.17) is 9.47 Å². The van der Waals surface area contributed by atoms with Gasteiger partial charge in [-0.1, -0.05) is 42.5 Å². The Morgan fingerprint density at radius 3 is 2.70 bits per heavy atom. The number of hydrogen-bond donors (Lipinski definition) is 2. The lowest BCUT2D eigenvalue weighted by Crippen LogP contribution is -2.52. The summed E-state index contributed by atoms with van der Waals surface area (Å²) < 4.78 is 11.2. The highest BCUT2D eigenvalue weighted by Gasteiger charge is 2.23. The molecule has 2 N–H and O–H groups in total. The molecule has 1 heterocycles. The summed E-state index contributed by atoms with van der Waals surface area (Å²) in [7, 11) is 1.63. The predicted octanol–water partition coefficient (Wildman–Crippen LogP) is 3.36. The van der Waals surface area contributed by atoms with E-state index in [0.29, 0.717) is 6.61 Å². The van der Waals surface area contributed by atoms with Gasteiger partial charge in [0.15, 0.2) is 0 Å². The Balaban J connectivity index is 1.40. The van der Waals surface area contributed by atoms with E-state index in [9.17, 15) is 4.79 Å². The van der Waals surface area contributed by atoms with Crippen LogP contribution in [0.15, 0.2) is 60.7 Å². The van der Waals surface area contributed by atoms with Gasteiger partial charge in [-0.2, -0.15) is 5.01 Å². The number of amides is 1. The number of carbonyl (C=O) groups excluding carboxylic acids is 1. The Bertz CT molecular complexity index is 793. The Labute approximate surface area is 178 Å². The maximum atomic E-state index is 12.4. The van der Waals surface area contributed by atoms with Gasteiger partial charge in [0.2, 0.25) is 0 Å². The van der Waals surface area contributed by atoms with Crippen LogP contribution in [0, 0.1) is 0 Å². The first-order chi connectivity index (χ1) is 14.7.